The molecule has 0 aromatic heterocycles. The number of rotatable bonds is 22. The fourth-order valence-corrected chi connectivity index (χ4v) is 3.36. The highest BCUT2D eigenvalue weighted by atomic mass is 16.5. The van der Waals surface area contributed by atoms with Crippen molar-refractivity contribution in [2.75, 3.05) is 13.2 Å². The lowest BCUT2D eigenvalue weighted by atomic mass is 10.0. The number of hydrogen-bond donors (Lipinski definition) is 0. The summed E-state index contributed by atoms with van der Waals surface area (Å²) in [7, 11) is 0. The second-order valence-corrected chi connectivity index (χ2v) is 8.21. The van der Waals surface area contributed by atoms with Gasteiger partial charge in [-0.25, -0.2) is 0 Å². The van der Waals surface area contributed by atoms with Crippen molar-refractivity contribution >= 4 is 11.9 Å². The maximum Gasteiger partial charge on any atom is 0.306 e. The van der Waals surface area contributed by atoms with Gasteiger partial charge in [-0.3, -0.25) is 9.59 Å². The van der Waals surface area contributed by atoms with E-state index in [2.05, 4.69) is 13.8 Å². The second-order valence-electron chi connectivity index (χ2n) is 8.21. The Morgan fingerprint density at radius 3 is 1.47 bits per heavy atom. The molecule has 0 amide bonds. The Hall–Kier alpha value is -1.32. The van der Waals surface area contributed by atoms with Crippen LogP contribution in [0.4, 0.5) is 0 Å². The molecular formula is C26H48O4. The molecule has 0 aromatic carbocycles. The van der Waals surface area contributed by atoms with Crippen LogP contribution in [0.25, 0.3) is 0 Å². The normalized spacial score (nSPS) is 11.1. The molecule has 176 valence electrons. The monoisotopic (exact) mass is 424 g/mol. The van der Waals surface area contributed by atoms with E-state index in [9.17, 15) is 9.59 Å². The van der Waals surface area contributed by atoms with Crippen molar-refractivity contribution in [3.63, 3.8) is 0 Å². The molecule has 0 aromatic rings. The highest BCUT2D eigenvalue weighted by Gasteiger charge is 2.08. The van der Waals surface area contributed by atoms with E-state index >= 15 is 0 Å². The predicted octanol–water partition coefficient (Wildman–Crippen LogP) is 7.69. The first-order valence-electron chi connectivity index (χ1n) is 12.7. The van der Waals surface area contributed by atoms with Gasteiger partial charge >= 0.3 is 11.9 Å². The van der Waals surface area contributed by atoms with E-state index in [-0.39, 0.29) is 24.8 Å². The smallest absolute Gasteiger partial charge is 0.306 e. The summed E-state index contributed by atoms with van der Waals surface area (Å²) >= 11 is 0. The van der Waals surface area contributed by atoms with Gasteiger partial charge in [0.2, 0.25) is 0 Å². The first kappa shape index (κ1) is 28.7. The number of hydrogen-bond acceptors (Lipinski definition) is 4. The summed E-state index contributed by atoms with van der Waals surface area (Å²) in [6, 6.07) is 0. The van der Waals surface area contributed by atoms with Crippen LogP contribution in [0.2, 0.25) is 0 Å². The Bertz CT molecular complexity index is 417. The number of esters is 2. The third kappa shape index (κ3) is 23.0. The van der Waals surface area contributed by atoms with Gasteiger partial charge in [0.15, 0.2) is 0 Å². The minimum Gasteiger partial charge on any atom is -0.466 e. The van der Waals surface area contributed by atoms with Gasteiger partial charge in [0.05, 0.1) is 26.1 Å². The number of ether oxygens (including phenoxy) is 2. The van der Waals surface area contributed by atoms with Gasteiger partial charge in [-0.1, -0.05) is 109 Å². The Labute approximate surface area is 186 Å². The van der Waals surface area contributed by atoms with Crippen LogP contribution in [-0.2, 0) is 19.1 Å². The van der Waals surface area contributed by atoms with Gasteiger partial charge in [0, 0.05) is 0 Å². The van der Waals surface area contributed by atoms with Crippen LogP contribution >= 0.6 is 0 Å². The van der Waals surface area contributed by atoms with Crippen molar-refractivity contribution in [3.8, 4) is 0 Å². The molecule has 0 bridgehead atoms. The van der Waals surface area contributed by atoms with Crippen LogP contribution in [0.5, 0.6) is 0 Å². The predicted molar refractivity (Wildman–Crippen MR) is 126 cm³/mol. The third-order valence-electron chi connectivity index (χ3n) is 5.24. The van der Waals surface area contributed by atoms with E-state index in [0.29, 0.717) is 13.2 Å². The Balaban J connectivity index is 3.27. The van der Waals surface area contributed by atoms with Crippen molar-refractivity contribution in [3.05, 3.63) is 12.2 Å². The van der Waals surface area contributed by atoms with Gasteiger partial charge in [-0.2, -0.15) is 0 Å². The van der Waals surface area contributed by atoms with Crippen molar-refractivity contribution in [2.45, 2.75) is 129 Å². The molecule has 0 spiro atoms. The zero-order valence-corrected chi connectivity index (χ0v) is 19.9. The SMILES string of the molecule is CC/C=C\CCOC(=O)CCC(=O)OCCCCCCCCCCCCCCCC. The molecule has 4 heteroatoms. The molecule has 0 atom stereocenters. The van der Waals surface area contributed by atoms with Crippen molar-refractivity contribution < 1.29 is 19.1 Å². The molecule has 0 fully saturated rings. The van der Waals surface area contributed by atoms with Crippen molar-refractivity contribution in [1.29, 1.82) is 0 Å². The standard InChI is InChI=1S/C26H48O4/c1-3-5-7-9-10-11-12-13-14-15-16-17-18-20-24-30-26(28)22-21-25(27)29-23-19-8-6-4-2/h6,8H,3-5,7,9-24H2,1-2H3/b8-6-. The zero-order valence-electron chi connectivity index (χ0n) is 19.9. The van der Waals surface area contributed by atoms with Gasteiger partial charge in [0.1, 0.15) is 0 Å². The first-order chi connectivity index (χ1) is 14.7. The number of allylic oxidation sites excluding steroid dienone is 1. The van der Waals surface area contributed by atoms with E-state index in [1.807, 2.05) is 12.2 Å². The minimum atomic E-state index is -0.326. The second kappa shape index (κ2) is 24.0. The van der Waals surface area contributed by atoms with E-state index in [4.69, 9.17) is 9.47 Å². The fourth-order valence-electron chi connectivity index (χ4n) is 3.36. The van der Waals surface area contributed by atoms with Crippen molar-refractivity contribution in [1.82, 2.24) is 0 Å². The molecule has 0 radical (unpaired) electrons. The average Bonchev–Trinajstić information content (AvgIpc) is 2.74. The fraction of sp³-hybridized carbons (Fsp3) is 0.846. The molecule has 30 heavy (non-hydrogen) atoms. The van der Waals surface area contributed by atoms with Gasteiger partial charge < -0.3 is 9.47 Å². The maximum atomic E-state index is 11.7. The molecule has 0 heterocycles. The molecule has 4 nitrogen and oxygen atoms in total. The quantitative estimate of drug-likeness (QED) is 0.101. The highest BCUT2D eigenvalue weighted by molar-refractivity contribution is 5.77. The van der Waals surface area contributed by atoms with Crippen LogP contribution in [0.3, 0.4) is 0 Å². The third-order valence-corrected chi connectivity index (χ3v) is 5.24. The molecule has 0 aliphatic carbocycles. The van der Waals surface area contributed by atoms with Crippen LogP contribution in [0, 0.1) is 0 Å². The summed E-state index contributed by atoms with van der Waals surface area (Å²) < 4.78 is 10.3. The summed E-state index contributed by atoms with van der Waals surface area (Å²) in [6.07, 6.45) is 24.3. The molecule has 0 saturated heterocycles. The number of unbranched alkanes of at least 4 members (excludes halogenated alkanes) is 13. The summed E-state index contributed by atoms with van der Waals surface area (Å²) in [6.45, 7) is 5.17. The molecular weight excluding hydrogens is 376 g/mol. The Kier molecular flexibility index (Phi) is 22.9. The molecule has 0 rings (SSSR count). The lowest BCUT2D eigenvalue weighted by Gasteiger charge is -2.06. The average molecular weight is 425 g/mol. The van der Waals surface area contributed by atoms with Crippen LogP contribution in [0.1, 0.15) is 129 Å². The van der Waals surface area contributed by atoms with Crippen LogP contribution in [0.15, 0.2) is 12.2 Å². The van der Waals surface area contributed by atoms with Crippen LogP contribution in [-0.4, -0.2) is 25.2 Å². The van der Waals surface area contributed by atoms with Gasteiger partial charge in [-0.15, -0.1) is 0 Å². The number of carbonyl (C=O) groups is 2. The summed E-state index contributed by atoms with van der Waals surface area (Å²) in [4.78, 5) is 23.2. The van der Waals surface area contributed by atoms with E-state index in [0.717, 1.165) is 25.7 Å². The van der Waals surface area contributed by atoms with E-state index in [1.165, 1.54) is 77.0 Å². The molecule has 0 N–H and O–H groups in total. The topological polar surface area (TPSA) is 52.6 Å². The van der Waals surface area contributed by atoms with Gasteiger partial charge in [0.25, 0.3) is 0 Å². The highest BCUT2D eigenvalue weighted by Crippen LogP contribution is 2.13. The Morgan fingerprint density at radius 1 is 0.567 bits per heavy atom. The lowest BCUT2D eigenvalue weighted by Crippen LogP contribution is -2.11. The number of carbonyl (C=O) groups excluding carboxylic acids is 2. The minimum absolute atomic E-state index is 0.106. The molecule has 0 unspecified atom stereocenters. The zero-order chi connectivity index (χ0) is 22.1. The molecule has 0 aliphatic heterocycles. The summed E-state index contributed by atoms with van der Waals surface area (Å²) in [5.41, 5.74) is 0. The molecule has 0 aliphatic rings. The van der Waals surface area contributed by atoms with E-state index < -0.39 is 0 Å². The first-order valence-corrected chi connectivity index (χ1v) is 12.7. The van der Waals surface area contributed by atoms with Gasteiger partial charge in [-0.05, 0) is 19.3 Å². The Morgan fingerprint density at radius 2 is 1.00 bits per heavy atom. The largest absolute Gasteiger partial charge is 0.466 e. The maximum absolute atomic E-state index is 11.7. The summed E-state index contributed by atoms with van der Waals surface area (Å²) in [5.74, 6) is -0.624. The van der Waals surface area contributed by atoms with Crippen molar-refractivity contribution in [2.24, 2.45) is 0 Å². The lowest BCUT2D eigenvalue weighted by molar-refractivity contribution is -0.150. The summed E-state index contributed by atoms with van der Waals surface area (Å²) in [5, 5.41) is 0. The molecule has 0 saturated carbocycles. The van der Waals surface area contributed by atoms with E-state index in [1.54, 1.807) is 0 Å². The van der Waals surface area contributed by atoms with Crippen LogP contribution < -0.4 is 0 Å².